The highest BCUT2D eigenvalue weighted by atomic mass is 16.2. The van der Waals surface area contributed by atoms with Crippen LogP contribution < -0.4 is 4.90 Å². The fraction of sp³-hybridized carbons (Fsp3) is 0.438. The zero-order valence-electron chi connectivity index (χ0n) is 11.2. The number of anilines is 1. The van der Waals surface area contributed by atoms with Gasteiger partial charge in [0.1, 0.15) is 0 Å². The molecule has 0 aromatic heterocycles. The molecule has 1 heterocycles. The third-order valence-corrected chi connectivity index (χ3v) is 3.47. The van der Waals surface area contributed by atoms with Crippen molar-refractivity contribution < 1.29 is 4.79 Å². The molecule has 0 spiro atoms. The number of carbonyl (C=O) groups excluding carboxylic acids is 1. The number of unbranched alkanes of at least 4 members (excludes halogenated alkanes) is 1. The number of terminal acetylenes is 1. The number of benzene rings is 1. The zero-order valence-corrected chi connectivity index (χ0v) is 11.2. The van der Waals surface area contributed by atoms with Gasteiger partial charge in [0.15, 0.2) is 0 Å². The van der Waals surface area contributed by atoms with Crippen LogP contribution in [0.2, 0.25) is 0 Å². The molecule has 1 aliphatic heterocycles. The van der Waals surface area contributed by atoms with Crippen LogP contribution in [0.25, 0.3) is 0 Å². The molecule has 1 aromatic rings. The van der Waals surface area contributed by atoms with Crippen LogP contribution in [0.3, 0.4) is 0 Å². The van der Waals surface area contributed by atoms with Crippen molar-refractivity contribution in [2.24, 2.45) is 0 Å². The number of nitrogens with zero attached hydrogens (tertiary/aromatic N) is 2. The summed E-state index contributed by atoms with van der Waals surface area (Å²) in [4.78, 5) is 16.2. The molecule has 19 heavy (non-hydrogen) atoms. The molecule has 2 rings (SSSR count). The molecule has 1 aromatic carbocycles. The predicted octanol–water partition coefficient (Wildman–Crippen LogP) is 2.14. The quantitative estimate of drug-likeness (QED) is 0.608. The van der Waals surface area contributed by atoms with E-state index in [1.54, 1.807) is 0 Å². The van der Waals surface area contributed by atoms with E-state index >= 15 is 0 Å². The molecule has 0 aliphatic carbocycles. The molecule has 0 N–H and O–H groups in total. The first-order valence-electron chi connectivity index (χ1n) is 6.82. The first-order chi connectivity index (χ1) is 9.31. The fourth-order valence-corrected chi connectivity index (χ4v) is 2.35. The Hall–Kier alpha value is -1.95. The zero-order chi connectivity index (χ0) is 13.5. The summed E-state index contributed by atoms with van der Waals surface area (Å²) in [6, 6.07) is 10.4. The average molecular weight is 256 g/mol. The number of piperazine rings is 1. The van der Waals surface area contributed by atoms with Crippen molar-refractivity contribution in [2.75, 3.05) is 31.1 Å². The van der Waals surface area contributed by atoms with Gasteiger partial charge in [-0.1, -0.05) is 18.2 Å². The molecule has 0 radical (unpaired) electrons. The number of carbonyl (C=O) groups is 1. The summed E-state index contributed by atoms with van der Waals surface area (Å²) >= 11 is 0. The van der Waals surface area contributed by atoms with Gasteiger partial charge in [-0.15, -0.1) is 12.3 Å². The third-order valence-electron chi connectivity index (χ3n) is 3.47. The van der Waals surface area contributed by atoms with E-state index in [1.165, 1.54) is 5.69 Å². The highest BCUT2D eigenvalue weighted by Gasteiger charge is 2.20. The van der Waals surface area contributed by atoms with E-state index in [1.807, 2.05) is 23.1 Å². The van der Waals surface area contributed by atoms with Crippen molar-refractivity contribution in [1.82, 2.24) is 4.90 Å². The van der Waals surface area contributed by atoms with Crippen LogP contribution in [0.5, 0.6) is 0 Å². The summed E-state index contributed by atoms with van der Waals surface area (Å²) in [6.45, 7) is 3.43. The Bertz CT molecular complexity index is 442. The Morgan fingerprint density at radius 3 is 2.47 bits per heavy atom. The average Bonchev–Trinajstić information content (AvgIpc) is 2.48. The maximum absolute atomic E-state index is 12.0. The topological polar surface area (TPSA) is 23.6 Å². The van der Waals surface area contributed by atoms with Crippen molar-refractivity contribution in [3.63, 3.8) is 0 Å². The van der Waals surface area contributed by atoms with Gasteiger partial charge in [0.05, 0.1) is 0 Å². The maximum atomic E-state index is 12.0. The van der Waals surface area contributed by atoms with Crippen molar-refractivity contribution in [2.45, 2.75) is 19.3 Å². The van der Waals surface area contributed by atoms with Gasteiger partial charge in [0.25, 0.3) is 0 Å². The van der Waals surface area contributed by atoms with Crippen molar-refractivity contribution in [3.05, 3.63) is 30.3 Å². The molecule has 1 fully saturated rings. The van der Waals surface area contributed by atoms with E-state index in [0.717, 1.165) is 32.6 Å². The number of amides is 1. The number of hydrogen-bond donors (Lipinski definition) is 0. The van der Waals surface area contributed by atoms with Gasteiger partial charge in [0.2, 0.25) is 5.91 Å². The van der Waals surface area contributed by atoms with E-state index < -0.39 is 0 Å². The third kappa shape index (κ3) is 3.75. The minimum absolute atomic E-state index is 0.239. The van der Waals surface area contributed by atoms with Gasteiger partial charge < -0.3 is 9.80 Å². The van der Waals surface area contributed by atoms with Gasteiger partial charge in [-0.3, -0.25) is 4.79 Å². The molecule has 3 heteroatoms. The summed E-state index contributed by atoms with van der Waals surface area (Å²) in [5.74, 6) is 2.81. The van der Waals surface area contributed by atoms with E-state index in [2.05, 4.69) is 23.0 Å². The maximum Gasteiger partial charge on any atom is 0.222 e. The molecular formula is C16H20N2O. The van der Waals surface area contributed by atoms with Crippen LogP contribution in [-0.4, -0.2) is 37.0 Å². The fourth-order valence-electron chi connectivity index (χ4n) is 2.35. The van der Waals surface area contributed by atoms with E-state index in [-0.39, 0.29) is 5.91 Å². The lowest BCUT2D eigenvalue weighted by molar-refractivity contribution is -0.131. The molecule has 0 unspecified atom stereocenters. The predicted molar refractivity (Wildman–Crippen MR) is 77.9 cm³/mol. The number of hydrogen-bond acceptors (Lipinski definition) is 2. The van der Waals surface area contributed by atoms with Crippen molar-refractivity contribution >= 4 is 11.6 Å². The Morgan fingerprint density at radius 1 is 1.16 bits per heavy atom. The van der Waals surface area contributed by atoms with Crippen LogP contribution in [0, 0.1) is 12.3 Å². The second-order valence-electron chi connectivity index (χ2n) is 4.76. The largest absolute Gasteiger partial charge is 0.368 e. The van der Waals surface area contributed by atoms with Gasteiger partial charge in [-0.2, -0.15) is 0 Å². The number of rotatable bonds is 4. The van der Waals surface area contributed by atoms with Gasteiger partial charge >= 0.3 is 0 Å². The Kier molecular flexibility index (Phi) is 4.85. The van der Waals surface area contributed by atoms with E-state index in [9.17, 15) is 4.79 Å². The van der Waals surface area contributed by atoms with Crippen LogP contribution in [0.4, 0.5) is 5.69 Å². The molecule has 0 atom stereocenters. The summed E-state index contributed by atoms with van der Waals surface area (Å²) in [7, 11) is 0. The standard InChI is InChI=1S/C16H20N2O/c1-2-3-5-10-16(19)18-13-11-17(12-14-18)15-8-6-4-7-9-15/h1,4,6-9H,3,5,10-14H2. The molecule has 1 saturated heterocycles. The summed E-state index contributed by atoms with van der Waals surface area (Å²) in [6.07, 6.45) is 7.26. The number of para-hydroxylation sites is 1. The summed E-state index contributed by atoms with van der Waals surface area (Å²) in [5.41, 5.74) is 1.24. The highest BCUT2D eigenvalue weighted by Crippen LogP contribution is 2.16. The molecule has 100 valence electrons. The van der Waals surface area contributed by atoms with Gasteiger partial charge in [-0.05, 0) is 18.6 Å². The molecule has 0 bridgehead atoms. The minimum Gasteiger partial charge on any atom is -0.368 e. The van der Waals surface area contributed by atoms with Crippen LogP contribution in [0.1, 0.15) is 19.3 Å². The molecular weight excluding hydrogens is 236 g/mol. The molecule has 1 amide bonds. The summed E-state index contributed by atoms with van der Waals surface area (Å²) in [5, 5.41) is 0. The molecule has 0 saturated carbocycles. The van der Waals surface area contributed by atoms with Crippen LogP contribution in [0.15, 0.2) is 30.3 Å². The van der Waals surface area contributed by atoms with Crippen LogP contribution in [-0.2, 0) is 4.79 Å². The lowest BCUT2D eigenvalue weighted by Crippen LogP contribution is -2.48. The first kappa shape index (κ1) is 13.5. The normalized spacial score (nSPS) is 15.1. The monoisotopic (exact) mass is 256 g/mol. The van der Waals surface area contributed by atoms with E-state index in [0.29, 0.717) is 12.8 Å². The Balaban J connectivity index is 1.79. The van der Waals surface area contributed by atoms with E-state index in [4.69, 9.17) is 6.42 Å². The van der Waals surface area contributed by atoms with Gasteiger partial charge in [0, 0.05) is 44.7 Å². The Labute approximate surface area is 115 Å². The molecule has 1 aliphatic rings. The van der Waals surface area contributed by atoms with Crippen molar-refractivity contribution in [1.29, 1.82) is 0 Å². The lowest BCUT2D eigenvalue weighted by atomic mass is 10.2. The highest BCUT2D eigenvalue weighted by molar-refractivity contribution is 5.76. The summed E-state index contributed by atoms with van der Waals surface area (Å²) < 4.78 is 0. The second kappa shape index (κ2) is 6.84. The smallest absolute Gasteiger partial charge is 0.222 e. The first-order valence-corrected chi connectivity index (χ1v) is 6.82. The Morgan fingerprint density at radius 2 is 1.84 bits per heavy atom. The molecule has 3 nitrogen and oxygen atoms in total. The van der Waals surface area contributed by atoms with Crippen molar-refractivity contribution in [3.8, 4) is 12.3 Å². The SMILES string of the molecule is C#CCCCC(=O)N1CCN(c2ccccc2)CC1. The van der Waals surface area contributed by atoms with Crippen LogP contribution >= 0.6 is 0 Å². The minimum atomic E-state index is 0.239. The second-order valence-corrected chi connectivity index (χ2v) is 4.76. The van der Waals surface area contributed by atoms with Gasteiger partial charge in [-0.25, -0.2) is 0 Å². The lowest BCUT2D eigenvalue weighted by Gasteiger charge is -2.36.